The van der Waals surface area contributed by atoms with E-state index in [0.717, 1.165) is 26.2 Å². The van der Waals surface area contributed by atoms with Crippen LogP contribution in [0.4, 0.5) is 11.7 Å². The Morgan fingerprint density at radius 3 is 2.62 bits per heavy atom. The van der Waals surface area contributed by atoms with Crippen LogP contribution in [0.15, 0.2) is 28.7 Å². The number of hydrogen-bond acceptors (Lipinski definition) is 6. The maximum absolute atomic E-state index is 5.65. The maximum atomic E-state index is 5.65. The first-order valence-corrected chi connectivity index (χ1v) is 7.30. The number of nitrogens with zero attached hydrogens (tertiary/aromatic N) is 4. The van der Waals surface area contributed by atoms with E-state index in [4.69, 9.17) is 4.42 Å². The Bertz CT molecular complexity index is 589. The first-order chi connectivity index (χ1) is 10.3. The number of aryl methyl sites for hydroxylation is 1. The molecule has 0 atom stereocenters. The van der Waals surface area contributed by atoms with E-state index in [9.17, 15) is 0 Å². The number of aromatic nitrogens is 2. The zero-order valence-electron chi connectivity index (χ0n) is 12.5. The van der Waals surface area contributed by atoms with Gasteiger partial charge in [-0.25, -0.2) is 0 Å². The average molecular weight is 287 g/mol. The molecular weight excluding hydrogens is 266 g/mol. The number of anilines is 2. The van der Waals surface area contributed by atoms with Crippen molar-refractivity contribution in [2.45, 2.75) is 13.5 Å². The Balaban J connectivity index is 1.61. The van der Waals surface area contributed by atoms with Crippen LogP contribution in [0, 0.1) is 6.92 Å². The fourth-order valence-corrected chi connectivity index (χ4v) is 2.58. The van der Waals surface area contributed by atoms with Crippen LogP contribution >= 0.6 is 0 Å². The zero-order valence-corrected chi connectivity index (χ0v) is 12.5. The highest BCUT2D eigenvalue weighted by atomic mass is 16.4. The number of piperazine rings is 1. The summed E-state index contributed by atoms with van der Waals surface area (Å²) in [7, 11) is 1.87. The summed E-state index contributed by atoms with van der Waals surface area (Å²) in [4.78, 5) is 4.55. The summed E-state index contributed by atoms with van der Waals surface area (Å²) in [5.41, 5.74) is 2.58. The molecule has 2 heterocycles. The molecule has 0 spiro atoms. The van der Waals surface area contributed by atoms with Crippen LogP contribution in [-0.2, 0) is 6.54 Å². The van der Waals surface area contributed by atoms with Gasteiger partial charge in [-0.15, -0.1) is 5.10 Å². The van der Waals surface area contributed by atoms with Crippen LogP contribution in [0.2, 0.25) is 0 Å². The van der Waals surface area contributed by atoms with Gasteiger partial charge in [-0.05, 0) is 31.7 Å². The predicted octanol–water partition coefficient (Wildman–Crippen LogP) is 1.42. The molecule has 0 aliphatic carbocycles. The van der Waals surface area contributed by atoms with Gasteiger partial charge in [-0.3, -0.25) is 0 Å². The van der Waals surface area contributed by atoms with Crippen molar-refractivity contribution < 1.29 is 4.42 Å². The lowest BCUT2D eigenvalue weighted by Gasteiger charge is -2.35. The Kier molecular flexibility index (Phi) is 4.06. The molecule has 6 nitrogen and oxygen atoms in total. The normalized spacial score (nSPS) is 15.5. The summed E-state index contributed by atoms with van der Waals surface area (Å²) in [6.45, 7) is 6.46. The molecule has 1 N–H and O–H groups in total. The largest absolute Gasteiger partial charge is 0.407 e. The number of hydrogen-bond donors (Lipinski definition) is 1. The van der Waals surface area contributed by atoms with Crippen LogP contribution in [0.1, 0.15) is 11.5 Å². The molecule has 1 aromatic carbocycles. The van der Waals surface area contributed by atoms with Crippen molar-refractivity contribution in [1.82, 2.24) is 15.5 Å². The summed E-state index contributed by atoms with van der Waals surface area (Å²) in [6, 6.07) is 9.26. The average Bonchev–Trinajstić information content (AvgIpc) is 2.97. The van der Waals surface area contributed by atoms with Gasteiger partial charge in [0.25, 0.3) is 0 Å². The highest BCUT2D eigenvalue weighted by Crippen LogP contribution is 2.20. The molecule has 0 saturated carbocycles. The lowest BCUT2D eigenvalue weighted by Crippen LogP contribution is -2.46. The summed E-state index contributed by atoms with van der Waals surface area (Å²) in [6.07, 6.45) is 0. The van der Waals surface area contributed by atoms with Crippen molar-refractivity contribution in [3.8, 4) is 0 Å². The fraction of sp³-hybridized carbons (Fsp3) is 0.467. The second kappa shape index (κ2) is 6.13. The van der Waals surface area contributed by atoms with Crippen LogP contribution in [-0.4, -0.2) is 43.4 Å². The summed E-state index contributed by atoms with van der Waals surface area (Å²) in [5, 5.41) is 11.2. The third-order valence-electron chi connectivity index (χ3n) is 3.70. The smallest absolute Gasteiger partial charge is 0.318 e. The molecule has 1 aliphatic rings. The predicted molar refractivity (Wildman–Crippen MR) is 82.7 cm³/mol. The third kappa shape index (κ3) is 3.16. The molecule has 21 heavy (non-hydrogen) atoms. The lowest BCUT2D eigenvalue weighted by atomic mass is 10.2. The van der Waals surface area contributed by atoms with Gasteiger partial charge in [0.2, 0.25) is 5.89 Å². The van der Waals surface area contributed by atoms with Gasteiger partial charge in [-0.1, -0.05) is 17.2 Å². The van der Waals surface area contributed by atoms with Crippen molar-refractivity contribution in [3.63, 3.8) is 0 Å². The van der Waals surface area contributed by atoms with E-state index in [1.807, 2.05) is 7.05 Å². The van der Waals surface area contributed by atoms with Crippen molar-refractivity contribution in [2.75, 3.05) is 43.0 Å². The Labute approximate surface area is 124 Å². The Morgan fingerprint density at radius 1 is 1.14 bits per heavy atom. The van der Waals surface area contributed by atoms with Crippen LogP contribution < -0.4 is 15.1 Å². The fourth-order valence-electron chi connectivity index (χ4n) is 2.58. The molecule has 1 saturated heterocycles. The summed E-state index contributed by atoms with van der Waals surface area (Å²) < 4.78 is 5.65. The minimum absolute atomic E-state index is 0.607. The van der Waals surface area contributed by atoms with Gasteiger partial charge in [0.05, 0.1) is 6.54 Å². The minimum atomic E-state index is 0.607. The van der Waals surface area contributed by atoms with Gasteiger partial charge in [0.15, 0.2) is 0 Å². The second-order valence-corrected chi connectivity index (χ2v) is 5.32. The number of nitrogens with one attached hydrogen (secondary N) is 1. The highest BCUT2D eigenvalue weighted by molar-refractivity contribution is 5.50. The van der Waals surface area contributed by atoms with Crippen molar-refractivity contribution in [3.05, 3.63) is 35.7 Å². The molecule has 3 rings (SSSR count). The van der Waals surface area contributed by atoms with E-state index in [-0.39, 0.29) is 0 Å². The zero-order chi connectivity index (χ0) is 14.7. The second-order valence-electron chi connectivity index (χ2n) is 5.32. The molecule has 1 fully saturated rings. The molecule has 0 amide bonds. The molecule has 1 aliphatic heterocycles. The van der Waals surface area contributed by atoms with Crippen molar-refractivity contribution in [1.29, 1.82) is 0 Å². The van der Waals surface area contributed by atoms with E-state index in [2.05, 4.69) is 56.5 Å². The Hall–Kier alpha value is -2.08. The Morgan fingerprint density at radius 2 is 1.90 bits per heavy atom. The highest BCUT2D eigenvalue weighted by Gasteiger charge is 2.21. The van der Waals surface area contributed by atoms with E-state index in [0.29, 0.717) is 18.5 Å². The number of benzene rings is 1. The van der Waals surface area contributed by atoms with Gasteiger partial charge >= 0.3 is 6.01 Å². The molecule has 0 unspecified atom stereocenters. The van der Waals surface area contributed by atoms with Crippen molar-refractivity contribution >= 4 is 11.7 Å². The van der Waals surface area contributed by atoms with Crippen molar-refractivity contribution in [2.24, 2.45) is 0 Å². The van der Waals surface area contributed by atoms with E-state index in [1.165, 1.54) is 11.3 Å². The van der Waals surface area contributed by atoms with Gasteiger partial charge in [0.1, 0.15) is 0 Å². The van der Waals surface area contributed by atoms with Crippen LogP contribution in [0.5, 0.6) is 0 Å². The van der Waals surface area contributed by atoms with E-state index < -0.39 is 0 Å². The topological polar surface area (TPSA) is 57.4 Å². The van der Waals surface area contributed by atoms with Gasteiger partial charge < -0.3 is 19.5 Å². The monoisotopic (exact) mass is 287 g/mol. The SMILES string of the molecule is CNCc1nnc(N2CCN(c3cccc(C)c3)CC2)o1. The van der Waals surface area contributed by atoms with Gasteiger partial charge in [-0.2, -0.15) is 0 Å². The third-order valence-corrected chi connectivity index (χ3v) is 3.70. The molecular formula is C15H21N5O. The molecule has 0 radical (unpaired) electrons. The lowest BCUT2D eigenvalue weighted by molar-refractivity contribution is 0.463. The molecule has 0 bridgehead atoms. The van der Waals surface area contributed by atoms with E-state index in [1.54, 1.807) is 0 Å². The molecule has 2 aromatic rings. The first kappa shape index (κ1) is 13.9. The summed E-state index contributed by atoms with van der Waals surface area (Å²) in [5.74, 6) is 0.633. The standard InChI is InChI=1S/C15H21N5O/c1-12-4-3-5-13(10-12)19-6-8-20(9-7-19)15-18-17-14(21-15)11-16-2/h3-5,10,16H,6-9,11H2,1-2H3. The first-order valence-electron chi connectivity index (χ1n) is 7.30. The quantitative estimate of drug-likeness (QED) is 0.918. The molecule has 1 aromatic heterocycles. The van der Waals surface area contributed by atoms with Gasteiger partial charge in [0, 0.05) is 31.9 Å². The molecule has 6 heteroatoms. The number of rotatable bonds is 4. The maximum Gasteiger partial charge on any atom is 0.318 e. The molecule has 112 valence electrons. The summed E-state index contributed by atoms with van der Waals surface area (Å²) >= 11 is 0. The van der Waals surface area contributed by atoms with E-state index >= 15 is 0 Å². The van der Waals surface area contributed by atoms with Crippen LogP contribution in [0.3, 0.4) is 0 Å². The minimum Gasteiger partial charge on any atom is -0.407 e. The van der Waals surface area contributed by atoms with Crippen LogP contribution in [0.25, 0.3) is 0 Å².